The van der Waals surface area contributed by atoms with Crippen LogP contribution in [0, 0.1) is 32.7 Å². The third kappa shape index (κ3) is 21.4. The number of hydrogen-bond acceptors (Lipinski definition) is 14. The fourth-order valence-electron chi connectivity index (χ4n) is 18.9. The summed E-state index contributed by atoms with van der Waals surface area (Å²) in [6.45, 7) is 9.97. The van der Waals surface area contributed by atoms with Gasteiger partial charge < -0.3 is 59.1 Å². The molecule has 4 amide bonds. The Morgan fingerprint density at radius 1 is 0.349 bits per heavy atom. The first-order valence-corrected chi connectivity index (χ1v) is 49.6. The lowest BCUT2D eigenvalue weighted by Crippen LogP contribution is -2.30. The SMILES string of the molecule is C=C1Cc2cc(CCN3C(=O)COC3c3cn(-c4ccc(I)cc4)nc3-c3ccc(F)cc3)ccc2N1.C=C1Cc2cc(CCN3C(=O)CO[C@@H]3c3cn(-c4ccc(Br)cc4)nc3-c3ccc(F)cc3)ccc2N1.O=C1COC(c2cn(-c3ccc(Cl)cc3)nc2-c2ccc(F)cc2)N1CCc1ccc2cc[nH]c2c1.O=C1COC(c2cn(-c3ccc(F)cc3)nc2-c2ccc(F)cc2)N1CCc1ccc2cc[nH]c2c1. The van der Waals surface area contributed by atoms with Crippen molar-refractivity contribution >= 4 is 107 Å². The second-order valence-electron chi connectivity index (χ2n) is 36.0. The van der Waals surface area contributed by atoms with E-state index < -0.39 is 24.9 Å². The zero-order valence-electron chi connectivity index (χ0n) is 78.3. The molecule has 6 aromatic heterocycles. The number of aromatic amines is 2. The summed E-state index contributed by atoms with van der Waals surface area (Å²) < 4.78 is 101. The van der Waals surface area contributed by atoms with Crippen molar-refractivity contribution in [2.45, 2.75) is 63.4 Å². The second-order valence-corrected chi connectivity index (χ2v) is 38.6. The fourth-order valence-corrected chi connectivity index (χ4v) is 19.6. The minimum absolute atomic E-state index is 0.00465. The van der Waals surface area contributed by atoms with Crippen molar-refractivity contribution in [3.8, 4) is 67.8 Å². The highest BCUT2D eigenvalue weighted by Gasteiger charge is 2.41. The molecule has 12 heterocycles. The Labute approximate surface area is 862 Å². The molecule has 0 radical (unpaired) electrons. The molecule has 4 N–H and O–H groups in total. The molecule has 0 saturated carbocycles. The minimum Gasteiger partial charge on any atom is -0.361 e. The summed E-state index contributed by atoms with van der Waals surface area (Å²) in [5.74, 6) is -1.99. The van der Waals surface area contributed by atoms with Crippen LogP contribution < -0.4 is 10.6 Å². The molecule has 4 saturated heterocycles. The van der Waals surface area contributed by atoms with Crippen molar-refractivity contribution in [2.24, 2.45) is 0 Å². The summed E-state index contributed by atoms with van der Waals surface area (Å²) in [6.07, 6.45) is 13.2. The van der Waals surface area contributed by atoms with Crippen molar-refractivity contribution in [2.75, 3.05) is 63.2 Å². The molecule has 0 spiro atoms. The lowest BCUT2D eigenvalue weighted by Gasteiger charge is -2.23. The van der Waals surface area contributed by atoms with E-state index in [1.165, 1.54) is 71.8 Å². The number of halogens is 8. The van der Waals surface area contributed by atoms with Gasteiger partial charge in [0, 0.05) is 168 Å². The van der Waals surface area contributed by atoms with E-state index in [1.807, 2.05) is 104 Å². The second kappa shape index (κ2) is 42.4. The van der Waals surface area contributed by atoms with Crippen LogP contribution in [-0.2, 0) is 76.7 Å². The van der Waals surface area contributed by atoms with Gasteiger partial charge in [-0.3, -0.25) is 19.2 Å². The van der Waals surface area contributed by atoms with E-state index in [2.05, 4.69) is 145 Å². The van der Waals surface area contributed by atoms with Gasteiger partial charge in [0.05, 0.1) is 22.7 Å². The van der Waals surface area contributed by atoms with Crippen LogP contribution >= 0.6 is 50.1 Å². The third-order valence-corrected chi connectivity index (χ3v) is 27.8. The molecule has 0 bridgehead atoms. The van der Waals surface area contributed by atoms with Crippen LogP contribution in [0.5, 0.6) is 0 Å². The lowest BCUT2D eigenvalue weighted by atomic mass is 10.0. The summed E-state index contributed by atoms with van der Waals surface area (Å²) >= 11 is 11.8. The van der Waals surface area contributed by atoms with Crippen LogP contribution in [0.2, 0.25) is 5.02 Å². The normalized spacial score (nSPS) is 16.3. The molecule has 32 heteroatoms. The van der Waals surface area contributed by atoms with E-state index in [9.17, 15) is 41.1 Å². The van der Waals surface area contributed by atoms with E-state index in [-0.39, 0.29) is 79.1 Å². The van der Waals surface area contributed by atoms with Crippen LogP contribution in [0.25, 0.3) is 89.6 Å². The topological polar surface area (TPSA) is 245 Å². The number of carbonyl (C=O) groups is 4. The van der Waals surface area contributed by atoms with Gasteiger partial charge in [-0.2, -0.15) is 20.4 Å². The number of fused-ring (bicyclic) bond motifs is 4. The molecule has 24 rings (SSSR count). The Balaban J connectivity index is 0.000000114. The predicted octanol–water partition coefficient (Wildman–Crippen LogP) is 23.2. The molecule has 18 aromatic rings. The van der Waals surface area contributed by atoms with Gasteiger partial charge in [0.1, 0.15) is 78.3 Å². The molecule has 732 valence electrons. The molecule has 146 heavy (non-hydrogen) atoms. The van der Waals surface area contributed by atoms with Gasteiger partial charge >= 0.3 is 0 Å². The zero-order valence-corrected chi connectivity index (χ0v) is 82.8. The maximum absolute atomic E-state index is 13.7. The Bertz CT molecular complexity index is 7480. The maximum Gasteiger partial charge on any atom is 0.250 e. The van der Waals surface area contributed by atoms with E-state index >= 15 is 0 Å². The summed E-state index contributed by atoms with van der Waals surface area (Å²) in [5.41, 5.74) is 24.9. The van der Waals surface area contributed by atoms with Crippen LogP contribution in [0.15, 0.2) is 345 Å². The maximum atomic E-state index is 13.7. The molecule has 4 fully saturated rings. The molecule has 12 aromatic carbocycles. The van der Waals surface area contributed by atoms with Gasteiger partial charge in [0.15, 0.2) is 24.9 Å². The number of rotatable bonds is 24. The summed E-state index contributed by atoms with van der Waals surface area (Å²) in [5, 5.41) is 28.6. The first-order valence-electron chi connectivity index (χ1n) is 47.3. The average molecular weight is 2150 g/mol. The fraction of sp³-hybridized carbons (Fsp3) is 0.158. The highest BCUT2D eigenvalue weighted by molar-refractivity contribution is 14.1. The third-order valence-electron chi connectivity index (χ3n) is 26.3. The van der Waals surface area contributed by atoms with Crippen LogP contribution in [0.1, 0.15) is 80.5 Å². The van der Waals surface area contributed by atoms with Gasteiger partial charge in [0.25, 0.3) is 23.6 Å². The standard InChI is InChI=1S/C29H24BrFN4O2.C29H24FIN4O2.C28H22ClFN4O2.C28H22F2N4O2/c1-18-14-21-15-19(2-11-26(21)32-18)12-13-34-27(36)17-37-29(34)25-16-35(24-9-5-22(30)6-10-24)33-28(25)20-3-7-23(31)8-4-20;1-18-14-21-15-19(2-11-26(21)32-18)12-13-34-27(36)17-37-29(34)25-16-35(24-9-7-23(31)8-10-24)33-28(25)20-3-5-22(30)6-4-20;29-21-5-9-23(10-6-21)34-16-24(27(32-34)20-3-7-22(30)8-4-20)28-33(26(35)17-36-28)14-12-18-1-2-19-11-13-31-25(19)15-18;29-21-5-3-20(4-6-21)27-24(16-34(32-27)23-9-7-22(30)8-10-23)28-33(26(35)17-36-28)14-12-18-1-2-19-11-13-31-25(19)15-18/h2*2-11,15-16,29,32H,1,12-14,17H2;2*1-11,13,15-16,28,31H,12,14,17H2/t29-;;;/m1.../s1. The highest BCUT2D eigenvalue weighted by Crippen LogP contribution is 2.43. The van der Waals surface area contributed by atoms with Crippen LogP contribution in [-0.4, -0.2) is 145 Å². The predicted molar refractivity (Wildman–Crippen MR) is 560 cm³/mol. The quantitative estimate of drug-likeness (QED) is 0.0325. The summed E-state index contributed by atoms with van der Waals surface area (Å²) in [6, 6.07) is 82.8. The van der Waals surface area contributed by atoms with E-state index in [0.717, 1.165) is 138 Å². The zero-order chi connectivity index (χ0) is 100. The van der Waals surface area contributed by atoms with Crippen molar-refractivity contribution in [3.63, 3.8) is 0 Å². The number of benzene rings is 12. The number of anilines is 2. The van der Waals surface area contributed by atoms with Gasteiger partial charge in [-0.15, -0.1) is 0 Å². The number of nitrogens with one attached hydrogen (secondary N) is 4. The molecule has 6 aliphatic heterocycles. The van der Waals surface area contributed by atoms with Gasteiger partial charge in [0.2, 0.25) is 0 Å². The first kappa shape index (κ1) is 96.6. The highest BCUT2D eigenvalue weighted by atomic mass is 127. The Morgan fingerprint density at radius 2 is 0.623 bits per heavy atom. The van der Waals surface area contributed by atoms with Crippen molar-refractivity contribution in [1.29, 1.82) is 0 Å². The molecular formula is C114H92BrClF5IN16O8. The van der Waals surface area contributed by atoms with Crippen molar-refractivity contribution in [1.82, 2.24) is 68.7 Å². The number of ether oxygens (including phenoxy) is 4. The van der Waals surface area contributed by atoms with E-state index in [4.69, 9.17) is 50.9 Å². The monoisotopic (exact) mass is 2150 g/mol. The molecule has 4 atom stereocenters. The van der Waals surface area contributed by atoms with Gasteiger partial charge in [-0.05, 0) is 323 Å². The molecule has 3 unspecified atom stereocenters. The molecule has 6 aliphatic rings. The Hall–Kier alpha value is -15.5. The van der Waals surface area contributed by atoms with Crippen LogP contribution in [0.3, 0.4) is 0 Å². The number of allylic oxidation sites excluding steroid dienone is 2. The number of nitrogens with zero attached hydrogens (tertiary/aromatic N) is 12. The Kier molecular flexibility index (Phi) is 28.1. The van der Waals surface area contributed by atoms with E-state index in [1.54, 1.807) is 117 Å². The smallest absolute Gasteiger partial charge is 0.250 e. The van der Waals surface area contributed by atoms with Crippen molar-refractivity contribution in [3.05, 3.63) is 439 Å². The van der Waals surface area contributed by atoms with Gasteiger partial charge in [-0.1, -0.05) is 89.2 Å². The van der Waals surface area contributed by atoms with Crippen LogP contribution in [0.4, 0.5) is 33.3 Å². The summed E-state index contributed by atoms with van der Waals surface area (Å²) in [7, 11) is 0. The van der Waals surface area contributed by atoms with E-state index in [0.29, 0.717) is 96.5 Å². The largest absolute Gasteiger partial charge is 0.361 e. The number of amides is 4. The Morgan fingerprint density at radius 3 is 0.938 bits per heavy atom. The molecule has 0 aliphatic carbocycles. The average Bonchev–Trinajstić information content (AvgIpc) is 1.63. The first-order chi connectivity index (χ1) is 71.0. The number of carbonyl (C=O) groups excluding carboxylic acids is 4. The summed E-state index contributed by atoms with van der Waals surface area (Å²) in [4.78, 5) is 65.0. The number of hydrogen-bond donors (Lipinski definition) is 4. The minimum atomic E-state index is -0.652. The molecular weight excluding hydrogens is 2060 g/mol. The van der Waals surface area contributed by atoms with Gasteiger partial charge in [-0.25, -0.2) is 40.7 Å². The van der Waals surface area contributed by atoms with Crippen molar-refractivity contribution < 1.29 is 60.1 Å². The lowest BCUT2D eigenvalue weighted by molar-refractivity contribution is -0.128. The molecule has 24 nitrogen and oxygen atoms in total. The number of H-pyrrole nitrogens is 2. The number of aromatic nitrogens is 10.